The highest BCUT2D eigenvalue weighted by atomic mass is 35.5. The summed E-state index contributed by atoms with van der Waals surface area (Å²) in [5.74, 6) is 0.368. The van der Waals surface area contributed by atoms with E-state index in [9.17, 15) is 13.2 Å². The number of unbranched alkanes of at least 4 members (excludes halogenated alkanes) is 1. The van der Waals surface area contributed by atoms with Crippen LogP contribution in [0.1, 0.15) is 31.7 Å². The molecule has 1 amide bonds. The summed E-state index contributed by atoms with van der Waals surface area (Å²) in [4.78, 5) is 11.4. The molecule has 0 spiro atoms. The molecule has 0 bridgehead atoms. The van der Waals surface area contributed by atoms with Crippen molar-refractivity contribution in [2.45, 2.75) is 33.1 Å². The van der Waals surface area contributed by atoms with E-state index in [2.05, 4.69) is 10.0 Å². The van der Waals surface area contributed by atoms with Crippen LogP contribution in [-0.2, 0) is 14.8 Å². The van der Waals surface area contributed by atoms with E-state index in [-0.39, 0.29) is 11.7 Å². The van der Waals surface area contributed by atoms with E-state index in [1.807, 2.05) is 6.92 Å². The van der Waals surface area contributed by atoms with Crippen LogP contribution in [0, 0.1) is 6.92 Å². The molecule has 0 saturated heterocycles. The molecule has 0 fully saturated rings. The fourth-order valence-corrected chi connectivity index (χ4v) is 3.09. The molecule has 1 rings (SSSR count). The number of rotatable bonds is 8. The first-order chi connectivity index (χ1) is 9.88. The number of alkyl halides is 1. The number of hydrogen-bond acceptors (Lipinski definition) is 3. The maximum absolute atomic E-state index is 12.0. The summed E-state index contributed by atoms with van der Waals surface area (Å²) in [5, 5.41) is 2.71. The second kappa shape index (κ2) is 8.24. The first-order valence-corrected chi connectivity index (χ1v) is 9.03. The normalized spacial score (nSPS) is 11.2. The van der Waals surface area contributed by atoms with Gasteiger partial charge in [0, 0.05) is 18.0 Å². The minimum absolute atomic E-state index is 0.0324. The molecule has 0 unspecified atom stereocenters. The lowest BCUT2D eigenvalue weighted by Crippen LogP contribution is -2.18. The topological polar surface area (TPSA) is 75.3 Å². The van der Waals surface area contributed by atoms with Gasteiger partial charge in [-0.1, -0.05) is 13.0 Å². The Morgan fingerprint density at radius 3 is 2.62 bits per heavy atom. The van der Waals surface area contributed by atoms with Crippen molar-refractivity contribution in [3.05, 3.63) is 23.8 Å². The van der Waals surface area contributed by atoms with Gasteiger partial charge in [-0.05, 0) is 37.5 Å². The second-order valence-corrected chi connectivity index (χ2v) is 6.97. The third-order valence-corrected chi connectivity index (χ3v) is 4.53. The minimum Gasteiger partial charge on any atom is -0.326 e. The lowest BCUT2D eigenvalue weighted by Gasteiger charge is -2.12. The van der Waals surface area contributed by atoms with E-state index in [1.165, 1.54) is 0 Å². The van der Waals surface area contributed by atoms with E-state index < -0.39 is 10.0 Å². The molecule has 0 aromatic heterocycles. The lowest BCUT2D eigenvalue weighted by atomic mass is 10.2. The zero-order chi connectivity index (χ0) is 15.9. The molecule has 7 heteroatoms. The van der Waals surface area contributed by atoms with Crippen LogP contribution in [0.4, 0.5) is 11.4 Å². The molecule has 5 nitrogen and oxygen atoms in total. The van der Waals surface area contributed by atoms with Crippen LogP contribution in [-0.4, -0.2) is 26.0 Å². The summed E-state index contributed by atoms with van der Waals surface area (Å²) in [7, 11) is -3.40. The molecular weight excluding hydrogens is 312 g/mol. The summed E-state index contributed by atoms with van der Waals surface area (Å²) in [6, 6.07) is 5.14. The smallest absolute Gasteiger partial charge is 0.232 e. The number of benzene rings is 1. The molecule has 0 saturated carbocycles. The maximum atomic E-state index is 12.0. The van der Waals surface area contributed by atoms with Crippen LogP contribution in [0.15, 0.2) is 18.2 Å². The van der Waals surface area contributed by atoms with Gasteiger partial charge in [0.2, 0.25) is 15.9 Å². The van der Waals surface area contributed by atoms with Gasteiger partial charge in [-0.3, -0.25) is 9.52 Å². The molecule has 0 atom stereocenters. The van der Waals surface area contributed by atoms with E-state index in [4.69, 9.17) is 11.6 Å². The molecule has 0 radical (unpaired) electrons. The number of aryl methyl sites for hydroxylation is 1. The fourth-order valence-electron chi connectivity index (χ4n) is 1.66. The van der Waals surface area contributed by atoms with Gasteiger partial charge in [0.1, 0.15) is 0 Å². The van der Waals surface area contributed by atoms with Crippen LogP contribution in [0.3, 0.4) is 0 Å². The Kier molecular flexibility index (Phi) is 6.98. The summed E-state index contributed by atoms with van der Waals surface area (Å²) >= 11 is 5.54. The molecule has 0 heterocycles. The van der Waals surface area contributed by atoms with Crippen LogP contribution >= 0.6 is 11.6 Å². The zero-order valence-electron chi connectivity index (χ0n) is 12.3. The van der Waals surface area contributed by atoms with E-state index in [0.717, 1.165) is 5.56 Å². The molecular formula is C14H21ClN2O3S. The number of amides is 1. The standard InChI is InChI=1S/C14H21ClN2O3S/c1-3-14(18)16-12-7-6-11(2)13(10-12)17-21(19,20)9-5-4-8-15/h6-7,10,17H,3-5,8-9H2,1-2H3,(H,16,18). The molecule has 0 aliphatic rings. The van der Waals surface area contributed by atoms with Crippen molar-refractivity contribution in [3.63, 3.8) is 0 Å². The van der Waals surface area contributed by atoms with Crippen molar-refractivity contribution < 1.29 is 13.2 Å². The van der Waals surface area contributed by atoms with Crippen LogP contribution < -0.4 is 10.0 Å². The predicted molar refractivity (Wildman–Crippen MR) is 87.5 cm³/mol. The third kappa shape index (κ3) is 6.35. The second-order valence-electron chi connectivity index (χ2n) is 4.75. The molecule has 1 aromatic rings. The number of nitrogens with one attached hydrogen (secondary N) is 2. The van der Waals surface area contributed by atoms with Gasteiger partial charge in [-0.25, -0.2) is 8.42 Å². The number of carbonyl (C=O) groups excluding carboxylic acids is 1. The van der Waals surface area contributed by atoms with Crippen molar-refractivity contribution in [2.75, 3.05) is 21.7 Å². The van der Waals surface area contributed by atoms with Crippen molar-refractivity contribution in [2.24, 2.45) is 0 Å². The zero-order valence-corrected chi connectivity index (χ0v) is 13.9. The first kappa shape index (κ1) is 17.8. The van der Waals surface area contributed by atoms with Crippen molar-refractivity contribution in [1.82, 2.24) is 0 Å². The fraction of sp³-hybridized carbons (Fsp3) is 0.500. The van der Waals surface area contributed by atoms with Crippen molar-refractivity contribution >= 4 is 38.9 Å². The van der Waals surface area contributed by atoms with Gasteiger partial charge in [-0.15, -0.1) is 11.6 Å². The van der Waals surface area contributed by atoms with Gasteiger partial charge in [0.05, 0.1) is 11.4 Å². The number of hydrogen-bond donors (Lipinski definition) is 2. The monoisotopic (exact) mass is 332 g/mol. The summed E-state index contributed by atoms with van der Waals surface area (Å²) in [6.45, 7) is 3.56. The predicted octanol–water partition coefficient (Wildman–Crippen LogP) is 3.10. The highest BCUT2D eigenvalue weighted by Crippen LogP contribution is 2.22. The lowest BCUT2D eigenvalue weighted by molar-refractivity contribution is -0.115. The quantitative estimate of drug-likeness (QED) is 0.567. The van der Waals surface area contributed by atoms with Crippen molar-refractivity contribution in [3.8, 4) is 0 Å². The Balaban J connectivity index is 2.82. The van der Waals surface area contributed by atoms with Gasteiger partial charge < -0.3 is 5.32 Å². The molecule has 2 N–H and O–H groups in total. The Bertz CT molecular complexity index is 588. The summed E-state index contributed by atoms with van der Waals surface area (Å²) < 4.78 is 26.5. The van der Waals surface area contributed by atoms with Crippen LogP contribution in [0.5, 0.6) is 0 Å². The summed E-state index contributed by atoms with van der Waals surface area (Å²) in [6.07, 6.45) is 1.55. The highest BCUT2D eigenvalue weighted by molar-refractivity contribution is 7.92. The minimum atomic E-state index is -3.40. The number of anilines is 2. The SMILES string of the molecule is CCC(=O)Nc1ccc(C)c(NS(=O)(=O)CCCCCl)c1. The number of halogens is 1. The maximum Gasteiger partial charge on any atom is 0.232 e. The Hall–Kier alpha value is -1.27. The van der Waals surface area contributed by atoms with E-state index in [0.29, 0.717) is 36.5 Å². The van der Waals surface area contributed by atoms with Crippen LogP contribution in [0.2, 0.25) is 0 Å². The molecule has 1 aromatic carbocycles. The van der Waals surface area contributed by atoms with Crippen LogP contribution in [0.25, 0.3) is 0 Å². The van der Waals surface area contributed by atoms with Crippen molar-refractivity contribution in [1.29, 1.82) is 0 Å². The highest BCUT2D eigenvalue weighted by Gasteiger charge is 2.12. The molecule has 0 aliphatic heterocycles. The van der Waals surface area contributed by atoms with Gasteiger partial charge >= 0.3 is 0 Å². The average molecular weight is 333 g/mol. The Morgan fingerprint density at radius 2 is 2.00 bits per heavy atom. The number of sulfonamides is 1. The molecule has 0 aliphatic carbocycles. The van der Waals surface area contributed by atoms with Gasteiger partial charge in [0.25, 0.3) is 0 Å². The van der Waals surface area contributed by atoms with Gasteiger partial charge in [0.15, 0.2) is 0 Å². The van der Waals surface area contributed by atoms with E-state index >= 15 is 0 Å². The Morgan fingerprint density at radius 1 is 1.29 bits per heavy atom. The Labute approximate surface area is 131 Å². The number of carbonyl (C=O) groups is 1. The molecule has 21 heavy (non-hydrogen) atoms. The van der Waals surface area contributed by atoms with E-state index in [1.54, 1.807) is 25.1 Å². The summed E-state index contributed by atoms with van der Waals surface area (Å²) in [5.41, 5.74) is 1.85. The average Bonchev–Trinajstić information content (AvgIpc) is 2.42. The third-order valence-electron chi connectivity index (χ3n) is 2.90. The van der Waals surface area contributed by atoms with Gasteiger partial charge in [-0.2, -0.15) is 0 Å². The largest absolute Gasteiger partial charge is 0.326 e. The molecule has 118 valence electrons. The first-order valence-electron chi connectivity index (χ1n) is 6.85.